The van der Waals surface area contributed by atoms with E-state index in [0.717, 1.165) is 29.0 Å². The van der Waals surface area contributed by atoms with Gasteiger partial charge >= 0.3 is 29.4 Å². The van der Waals surface area contributed by atoms with Gasteiger partial charge in [0.1, 0.15) is 42.2 Å². The molecule has 2 amide bonds. The Morgan fingerprint density at radius 3 is 2.35 bits per heavy atom. The number of aliphatic hydroxyl groups excluding tert-OH is 2. The lowest BCUT2D eigenvalue weighted by molar-refractivity contribution is -0.143. The Hall–Kier alpha value is -2.97. The summed E-state index contributed by atoms with van der Waals surface area (Å²) in [6.45, 7) is 1.35. The summed E-state index contributed by atoms with van der Waals surface area (Å²) in [5.41, 5.74) is 4.19. The second kappa shape index (κ2) is 19.0. The molecule has 1 aliphatic rings. The number of aliphatic hydroxyl groups is 2. The number of imidazole rings is 1. The number of phosphoric ester groups is 3. The highest BCUT2D eigenvalue weighted by molar-refractivity contribution is 8.13. The molecule has 1 fully saturated rings. The van der Waals surface area contributed by atoms with Gasteiger partial charge in [0.25, 0.3) is 0 Å². The van der Waals surface area contributed by atoms with E-state index in [1.54, 1.807) is 0 Å². The SMILES string of the molecule is CC(C(=O)O)C(=O)SCCNC(=O)CCNC(=O)C(O)C(C)(C)COP(=O)(O)OP(=O)(O)OC[C@H]1O[C@@H](n2cnc3c(N)ncnc32)[C@H](O)[C@@H]1OP(=O)(O)O. The molecule has 0 aliphatic carbocycles. The lowest BCUT2D eigenvalue weighted by Crippen LogP contribution is -2.46. The number of amides is 2. The van der Waals surface area contributed by atoms with Gasteiger partial charge in [0.2, 0.25) is 16.9 Å². The number of anilines is 1. The maximum Gasteiger partial charge on any atom is 0.481 e. The molecule has 310 valence electrons. The van der Waals surface area contributed by atoms with Crippen molar-refractivity contribution in [1.29, 1.82) is 0 Å². The van der Waals surface area contributed by atoms with E-state index >= 15 is 0 Å². The van der Waals surface area contributed by atoms with Crippen LogP contribution in [0.1, 0.15) is 33.4 Å². The summed E-state index contributed by atoms with van der Waals surface area (Å²) in [7, 11) is -16.4. The molecule has 3 heterocycles. The number of thioether (sulfide) groups is 1. The molecule has 0 radical (unpaired) electrons. The van der Waals surface area contributed by atoms with Crippen molar-refractivity contribution in [2.24, 2.45) is 11.3 Å². The number of aliphatic carboxylic acids is 1. The smallest absolute Gasteiger partial charge is 0.481 e. The van der Waals surface area contributed by atoms with Gasteiger partial charge in [0.15, 0.2) is 17.7 Å². The minimum atomic E-state index is -5.59. The van der Waals surface area contributed by atoms with Crippen LogP contribution in [0.3, 0.4) is 0 Å². The van der Waals surface area contributed by atoms with Gasteiger partial charge in [0, 0.05) is 30.7 Å². The zero-order valence-electron chi connectivity index (χ0n) is 29.0. The lowest BCUT2D eigenvalue weighted by atomic mass is 9.87. The van der Waals surface area contributed by atoms with Crippen molar-refractivity contribution in [2.75, 3.05) is 37.8 Å². The number of nitrogens with two attached hydrogens (primary N) is 1. The Morgan fingerprint density at radius 1 is 1.05 bits per heavy atom. The molecular formula is C25H40N7O19P3S. The molecule has 0 bridgehead atoms. The number of hydrogen-bond donors (Lipinski definition) is 10. The maximum atomic E-state index is 12.6. The van der Waals surface area contributed by atoms with Crippen LogP contribution in [0.2, 0.25) is 0 Å². The topological polar surface area (TPSA) is 401 Å². The summed E-state index contributed by atoms with van der Waals surface area (Å²) in [6.07, 6.45) is -7.13. The first-order chi connectivity index (χ1) is 25.3. The standard InChI is InChI=1S/C25H40N7O19P3S/c1-12(23(37)38)24(39)55-7-6-27-14(33)4-5-28-21(36)18(35)25(2,3)9-48-54(45,46)51-53(43,44)47-8-13-17(50-52(40,41)42)16(34)22(49-13)32-11-31-15-19(26)29-10-30-20(15)32/h10-13,16-18,22,34-35H,4-9H2,1-3H3,(H,27,33)(H,28,36)(H,37,38)(H,43,44)(H,45,46)(H2,26,29,30)(H2,40,41,42)/t12?,13-,16-,17-,18?,22-/m1/s1. The molecule has 0 saturated carbocycles. The highest BCUT2D eigenvalue weighted by Crippen LogP contribution is 2.61. The predicted octanol–water partition coefficient (Wildman–Crippen LogP) is -1.61. The zero-order chi connectivity index (χ0) is 41.5. The molecule has 11 N–H and O–H groups in total. The number of nitrogen functional groups attached to an aromatic ring is 1. The number of nitrogens with one attached hydrogen (secondary N) is 2. The molecule has 8 atom stereocenters. The van der Waals surface area contributed by atoms with Gasteiger partial charge in [-0.15, -0.1) is 0 Å². The second-order valence-corrected chi connectivity index (χ2v) is 17.6. The largest absolute Gasteiger partial charge is 0.481 e. The van der Waals surface area contributed by atoms with Crippen LogP contribution in [-0.4, -0.2) is 134 Å². The number of carbonyl (C=O) groups is 4. The molecule has 55 heavy (non-hydrogen) atoms. The van der Waals surface area contributed by atoms with E-state index in [9.17, 15) is 62.7 Å². The molecule has 0 spiro atoms. The summed E-state index contributed by atoms with van der Waals surface area (Å²) in [4.78, 5) is 97.8. The van der Waals surface area contributed by atoms with Crippen molar-refractivity contribution < 1.29 is 90.4 Å². The third kappa shape index (κ3) is 13.6. The third-order valence-electron chi connectivity index (χ3n) is 7.47. The first-order valence-electron chi connectivity index (χ1n) is 15.6. The van der Waals surface area contributed by atoms with E-state index in [1.165, 1.54) is 20.8 Å². The van der Waals surface area contributed by atoms with E-state index < -0.39 is 102 Å². The lowest BCUT2D eigenvalue weighted by Gasteiger charge is -2.30. The number of aromatic nitrogens is 4. The van der Waals surface area contributed by atoms with E-state index in [0.29, 0.717) is 0 Å². The summed E-state index contributed by atoms with van der Waals surface area (Å²) in [6, 6.07) is 0. The molecule has 26 nitrogen and oxygen atoms in total. The number of ether oxygens (including phenoxy) is 1. The average Bonchev–Trinajstić information content (AvgIpc) is 3.64. The van der Waals surface area contributed by atoms with Gasteiger partial charge in [-0.05, 0) is 6.92 Å². The summed E-state index contributed by atoms with van der Waals surface area (Å²) >= 11 is 0.726. The van der Waals surface area contributed by atoms with Crippen LogP contribution in [0.4, 0.5) is 5.82 Å². The normalized spacial score (nSPS) is 22.3. The van der Waals surface area contributed by atoms with Crippen LogP contribution >= 0.6 is 35.2 Å². The Kier molecular flexibility index (Phi) is 16.0. The number of rotatable bonds is 21. The number of nitrogens with zero attached hydrogens (tertiary/aromatic N) is 4. The summed E-state index contributed by atoms with van der Waals surface area (Å²) < 4.78 is 61.9. The van der Waals surface area contributed by atoms with Crippen molar-refractivity contribution in [1.82, 2.24) is 30.2 Å². The Bertz CT molecular complexity index is 1860. The second-order valence-electron chi connectivity index (χ2n) is 12.3. The maximum absolute atomic E-state index is 12.6. The van der Waals surface area contributed by atoms with Crippen molar-refractivity contribution in [3.63, 3.8) is 0 Å². The van der Waals surface area contributed by atoms with Gasteiger partial charge < -0.3 is 56.0 Å². The van der Waals surface area contributed by atoms with Gasteiger partial charge in [-0.25, -0.2) is 28.6 Å². The van der Waals surface area contributed by atoms with Crippen molar-refractivity contribution in [3.8, 4) is 0 Å². The van der Waals surface area contributed by atoms with Crippen LogP contribution in [0.5, 0.6) is 0 Å². The minimum absolute atomic E-state index is 0.0183. The quantitative estimate of drug-likeness (QED) is 0.0383. The molecule has 1 aliphatic heterocycles. The predicted molar refractivity (Wildman–Crippen MR) is 184 cm³/mol. The number of phosphoric acid groups is 3. The molecule has 3 rings (SSSR count). The number of carbonyl (C=O) groups excluding carboxylic acids is 3. The fraction of sp³-hybridized carbons (Fsp3) is 0.640. The fourth-order valence-electron chi connectivity index (χ4n) is 4.51. The van der Waals surface area contributed by atoms with Gasteiger partial charge in [-0.1, -0.05) is 25.6 Å². The number of carboxylic acids is 1. The Balaban J connectivity index is 1.50. The first-order valence-corrected chi connectivity index (χ1v) is 21.1. The number of hydrogen-bond acceptors (Lipinski definition) is 19. The van der Waals surface area contributed by atoms with E-state index in [1.807, 2.05) is 0 Å². The molecule has 0 aromatic carbocycles. The van der Waals surface area contributed by atoms with Crippen molar-refractivity contribution >= 4 is 75.1 Å². The fourth-order valence-corrected chi connectivity index (χ4v) is 8.09. The summed E-state index contributed by atoms with van der Waals surface area (Å²) in [5.74, 6) is -4.01. The van der Waals surface area contributed by atoms with E-state index in [-0.39, 0.29) is 42.2 Å². The summed E-state index contributed by atoms with van der Waals surface area (Å²) in [5, 5.41) is 34.3. The highest BCUT2D eigenvalue weighted by atomic mass is 32.2. The van der Waals surface area contributed by atoms with E-state index in [2.05, 4.69) is 34.4 Å². The molecular weight excluding hydrogens is 827 g/mol. The van der Waals surface area contributed by atoms with Crippen molar-refractivity contribution in [2.45, 2.75) is 57.8 Å². The van der Waals surface area contributed by atoms with Gasteiger partial charge in [-0.3, -0.25) is 37.3 Å². The Labute approximate surface area is 314 Å². The van der Waals surface area contributed by atoms with Gasteiger partial charge in [0.05, 0.1) is 19.5 Å². The monoisotopic (exact) mass is 867 g/mol. The third-order valence-corrected chi connectivity index (χ3v) is 11.6. The van der Waals surface area contributed by atoms with Crippen LogP contribution in [0, 0.1) is 11.3 Å². The molecule has 2 aromatic rings. The Morgan fingerprint density at radius 2 is 1.71 bits per heavy atom. The van der Waals surface area contributed by atoms with E-state index in [4.69, 9.17) is 24.6 Å². The molecule has 4 unspecified atom stereocenters. The number of fused-ring (bicyclic) bond motifs is 1. The molecule has 1 saturated heterocycles. The number of carboxylic acid groups (broad SMARTS) is 1. The van der Waals surface area contributed by atoms with Crippen LogP contribution in [-0.2, 0) is 55.5 Å². The molecule has 2 aromatic heterocycles. The minimum Gasteiger partial charge on any atom is -0.481 e. The van der Waals surface area contributed by atoms with Crippen LogP contribution in [0.15, 0.2) is 12.7 Å². The molecule has 30 heteroatoms. The van der Waals surface area contributed by atoms with Gasteiger partial charge in [-0.2, -0.15) is 4.31 Å². The zero-order valence-corrected chi connectivity index (χ0v) is 32.5. The highest BCUT2D eigenvalue weighted by Gasteiger charge is 2.50. The first kappa shape index (κ1) is 46.4. The van der Waals surface area contributed by atoms with Crippen molar-refractivity contribution in [3.05, 3.63) is 12.7 Å². The average molecular weight is 868 g/mol. The van der Waals surface area contributed by atoms with Crippen LogP contribution < -0.4 is 16.4 Å². The van der Waals surface area contributed by atoms with Crippen LogP contribution in [0.25, 0.3) is 11.2 Å².